The quantitative estimate of drug-likeness (QED) is 0.668. The van der Waals surface area contributed by atoms with Crippen LogP contribution in [0.15, 0.2) is 0 Å². The second-order valence-electron chi connectivity index (χ2n) is 2.63. The molecule has 2 nitrogen and oxygen atoms in total. The lowest BCUT2D eigenvalue weighted by Crippen LogP contribution is -1.90. The van der Waals surface area contributed by atoms with E-state index in [1.807, 2.05) is 0 Å². The molecule has 0 bridgehead atoms. The number of aromatic amines is 1. The van der Waals surface area contributed by atoms with Crippen LogP contribution in [0, 0.1) is 3.70 Å². The van der Waals surface area contributed by atoms with E-state index in [0.717, 1.165) is 28.5 Å². The van der Waals surface area contributed by atoms with Crippen LogP contribution in [0.5, 0.6) is 0 Å². The van der Waals surface area contributed by atoms with Gasteiger partial charge < -0.3 is 4.98 Å². The molecule has 0 aromatic carbocycles. The van der Waals surface area contributed by atoms with E-state index in [2.05, 4.69) is 41.4 Å². The van der Waals surface area contributed by atoms with Gasteiger partial charge >= 0.3 is 0 Å². The molecule has 1 rings (SSSR count). The van der Waals surface area contributed by atoms with Gasteiger partial charge in [-0.2, -0.15) is 0 Å². The average Bonchev–Trinajstić information content (AvgIpc) is 2.40. The van der Waals surface area contributed by atoms with Crippen LogP contribution in [0.2, 0.25) is 0 Å². The van der Waals surface area contributed by atoms with Crippen molar-refractivity contribution < 1.29 is 4.79 Å². The number of aldehydes is 1. The Kier molecular flexibility index (Phi) is 3.31. The molecule has 0 unspecified atom stereocenters. The van der Waals surface area contributed by atoms with Crippen LogP contribution in [-0.4, -0.2) is 11.3 Å². The first kappa shape index (κ1) is 9.77. The van der Waals surface area contributed by atoms with Crippen LogP contribution in [-0.2, 0) is 12.8 Å². The second kappa shape index (κ2) is 4.07. The Hall–Kier alpha value is -0.320. The fourth-order valence-electron chi connectivity index (χ4n) is 1.44. The van der Waals surface area contributed by atoms with Crippen LogP contribution in [0.1, 0.15) is 35.5 Å². The fraction of sp³-hybridized carbons (Fsp3) is 0.444. The zero-order valence-corrected chi connectivity index (χ0v) is 9.44. The normalized spacial score (nSPS) is 10.2. The lowest BCUT2D eigenvalue weighted by atomic mass is 10.1. The summed E-state index contributed by atoms with van der Waals surface area (Å²) in [5.74, 6) is 0. The molecule has 0 radical (unpaired) electrons. The summed E-state index contributed by atoms with van der Waals surface area (Å²) in [6, 6.07) is 0. The van der Waals surface area contributed by atoms with Crippen molar-refractivity contribution in [3.63, 3.8) is 0 Å². The Balaban J connectivity index is 3.25. The Morgan fingerprint density at radius 2 is 1.92 bits per heavy atom. The van der Waals surface area contributed by atoms with Crippen molar-refractivity contribution in [2.75, 3.05) is 0 Å². The molecule has 0 fully saturated rings. The molecule has 0 saturated carbocycles. The molecule has 0 spiro atoms. The number of nitrogens with one attached hydrogen (secondary N) is 1. The maximum absolute atomic E-state index is 10.6. The largest absolute Gasteiger partial charge is 0.347 e. The third kappa shape index (κ3) is 1.55. The van der Waals surface area contributed by atoms with Gasteiger partial charge in [0.1, 0.15) is 0 Å². The van der Waals surface area contributed by atoms with Gasteiger partial charge in [-0.3, -0.25) is 4.79 Å². The SMILES string of the molecule is CCc1c(I)[nH]c(C=O)c1CC. The van der Waals surface area contributed by atoms with Gasteiger partial charge in [-0.15, -0.1) is 0 Å². The van der Waals surface area contributed by atoms with E-state index < -0.39 is 0 Å². The molecule has 1 N–H and O–H groups in total. The van der Waals surface area contributed by atoms with E-state index in [1.165, 1.54) is 11.1 Å². The minimum absolute atomic E-state index is 0.749. The highest BCUT2D eigenvalue weighted by Crippen LogP contribution is 2.20. The van der Waals surface area contributed by atoms with Gasteiger partial charge in [0.25, 0.3) is 0 Å². The molecule has 0 aliphatic heterocycles. The molecule has 0 saturated heterocycles. The lowest BCUT2D eigenvalue weighted by molar-refractivity contribution is 0.111. The maximum atomic E-state index is 10.6. The van der Waals surface area contributed by atoms with Crippen molar-refractivity contribution in [1.29, 1.82) is 0 Å². The summed E-state index contributed by atoms with van der Waals surface area (Å²) in [5.41, 5.74) is 3.22. The van der Waals surface area contributed by atoms with Crippen LogP contribution in [0.3, 0.4) is 0 Å². The van der Waals surface area contributed by atoms with Crippen molar-refractivity contribution in [2.24, 2.45) is 0 Å². The summed E-state index contributed by atoms with van der Waals surface area (Å²) in [5, 5.41) is 0. The first-order chi connectivity index (χ1) is 5.74. The number of hydrogen-bond acceptors (Lipinski definition) is 1. The van der Waals surface area contributed by atoms with Crippen LogP contribution < -0.4 is 0 Å². The van der Waals surface area contributed by atoms with Crippen LogP contribution in [0.4, 0.5) is 0 Å². The van der Waals surface area contributed by atoms with E-state index in [9.17, 15) is 4.79 Å². The molecule has 1 heterocycles. The summed E-state index contributed by atoms with van der Waals surface area (Å²) in [4.78, 5) is 13.7. The number of hydrogen-bond donors (Lipinski definition) is 1. The van der Waals surface area contributed by atoms with Crippen molar-refractivity contribution >= 4 is 28.9 Å². The van der Waals surface area contributed by atoms with Crippen molar-refractivity contribution in [1.82, 2.24) is 4.98 Å². The smallest absolute Gasteiger partial charge is 0.166 e. The molecule has 1 aromatic heterocycles. The molecule has 66 valence electrons. The summed E-state index contributed by atoms with van der Waals surface area (Å²) < 4.78 is 1.11. The summed E-state index contributed by atoms with van der Waals surface area (Å²) >= 11 is 2.24. The third-order valence-electron chi connectivity index (χ3n) is 2.02. The molecular weight excluding hydrogens is 265 g/mol. The number of aromatic nitrogens is 1. The summed E-state index contributed by atoms with van der Waals surface area (Å²) in [7, 11) is 0. The zero-order chi connectivity index (χ0) is 9.14. The Morgan fingerprint density at radius 1 is 1.33 bits per heavy atom. The predicted molar refractivity (Wildman–Crippen MR) is 57.7 cm³/mol. The number of carbonyl (C=O) groups is 1. The first-order valence-electron chi connectivity index (χ1n) is 4.08. The van der Waals surface area contributed by atoms with Gasteiger partial charge in [0, 0.05) is 0 Å². The number of halogens is 1. The van der Waals surface area contributed by atoms with Crippen LogP contribution in [0.25, 0.3) is 0 Å². The summed E-state index contributed by atoms with van der Waals surface area (Å²) in [6.45, 7) is 4.19. The van der Waals surface area contributed by atoms with Gasteiger partial charge in [-0.25, -0.2) is 0 Å². The highest BCUT2D eigenvalue weighted by molar-refractivity contribution is 14.1. The van der Waals surface area contributed by atoms with E-state index in [1.54, 1.807) is 0 Å². The second-order valence-corrected chi connectivity index (χ2v) is 3.71. The zero-order valence-electron chi connectivity index (χ0n) is 7.28. The highest BCUT2D eigenvalue weighted by atomic mass is 127. The lowest BCUT2D eigenvalue weighted by Gasteiger charge is -1.97. The van der Waals surface area contributed by atoms with Gasteiger partial charge in [-0.1, -0.05) is 13.8 Å². The molecule has 0 atom stereocenters. The minimum Gasteiger partial charge on any atom is -0.347 e. The molecule has 3 heteroatoms. The molecule has 0 aliphatic rings. The van der Waals surface area contributed by atoms with Crippen molar-refractivity contribution in [2.45, 2.75) is 26.7 Å². The molecule has 0 amide bonds. The predicted octanol–water partition coefficient (Wildman–Crippen LogP) is 2.56. The van der Waals surface area contributed by atoms with E-state index in [-0.39, 0.29) is 0 Å². The Labute approximate surface area is 85.9 Å². The first-order valence-corrected chi connectivity index (χ1v) is 5.16. The summed E-state index contributed by atoms with van der Waals surface area (Å²) in [6.07, 6.45) is 2.82. The highest BCUT2D eigenvalue weighted by Gasteiger charge is 2.11. The number of rotatable bonds is 3. The standard InChI is InChI=1S/C9H12INO/c1-3-6-7(4-2)9(10)11-8(6)5-12/h5,11H,3-4H2,1-2H3. The van der Waals surface area contributed by atoms with Gasteiger partial charge in [0.05, 0.1) is 9.39 Å². The monoisotopic (exact) mass is 277 g/mol. The topological polar surface area (TPSA) is 32.9 Å². The Morgan fingerprint density at radius 3 is 2.33 bits per heavy atom. The number of carbonyl (C=O) groups excluding carboxylic acids is 1. The molecule has 0 aliphatic carbocycles. The van der Waals surface area contributed by atoms with Gasteiger partial charge in [0.15, 0.2) is 6.29 Å². The van der Waals surface area contributed by atoms with Gasteiger partial charge in [0.2, 0.25) is 0 Å². The van der Waals surface area contributed by atoms with E-state index in [0.29, 0.717) is 0 Å². The maximum Gasteiger partial charge on any atom is 0.166 e. The minimum atomic E-state index is 0.749. The van der Waals surface area contributed by atoms with Crippen molar-refractivity contribution in [3.8, 4) is 0 Å². The fourth-order valence-corrected chi connectivity index (χ4v) is 2.43. The third-order valence-corrected chi connectivity index (χ3v) is 2.94. The van der Waals surface area contributed by atoms with Crippen LogP contribution >= 0.6 is 22.6 Å². The number of H-pyrrole nitrogens is 1. The van der Waals surface area contributed by atoms with Crippen molar-refractivity contribution in [3.05, 3.63) is 20.5 Å². The molecule has 12 heavy (non-hydrogen) atoms. The van der Waals surface area contributed by atoms with E-state index in [4.69, 9.17) is 0 Å². The van der Waals surface area contributed by atoms with E-state index >= 15 is 0 Å². The molecule has 1 aromatic rings. The molecular formula is C9H12INO. The Bertz CT molecular complexity index is 291. The average molecular weight is 277 g/mol. The van der Waals surface area contributed by atoms with Gasteiger partial charge in [-0.05, 0) is 46.6 Å².